The van der Waals surface area contributed by atoms with Crippen LogP contribution in [0.4, 0.5) is 0 Å². The van der Waals surface area contributed by atoms with Crippen LogP contribution in [0.5, 0.6) is 0 Å². The van der Waals surface area contributed by atoms with Gasteiger partial charge in [-0.05, 0) is 33.6 Å². The first-order chi connectivity index (χ1) is 8.00. The maximum atomic E-state index is 5.84. The van der Waals surface area contributed by atoms with Crippen molar-refractivity contribution in [1.82, 2.24) is 10.2 Å². The highest BCUT2D eigenvalue weighted by molar-refractivity contribution is 4.83. The van der Waals surface area contributed by atoms with Crippen molar-refractivity contribution >= 4 is 0 Å². The molecule has 1 heterocycles. The van der Waals surface area contributed by atoms with Crippen LogP contribution in [-0.2, 0) is 4.74 Å². The highest BCUT2D eigenvalue weighted by Gasteiger charge is 2.25. The van der Waals surface area contributed by atoms with E-state index in [1.165, 1.54) is 12.8 Å². The lowest BCUT2D eigenvalue weighted by atomic mass is 9.95. The SMILES string of the molecule is CCC(C)(CC)NCC1CN(C(C)C)CCO1. The van der Waals surface area contributed by atoms with E-state index in [1.54, 1.807) is 0 Å². The molecule has 1 saturated heterocycles. The van der Waals surface area contributed by atoms with E-state index in [0.717, 1.165) is 26.2 Å². The molecule has 0 bridgehead atoms. The fraction of sp³-hybridized carbons (Fsp3) is 1.00. The molecule has 3 heteroatoms. The van der Waals surface area contributed by atoms with Crippen molar-refractivity contribution in [2.75, 3.05) is 26.2 Å². The fourth-order valence-electron chi connectivity index (χ4n) is 2.19. The Kier molecular flexibility index (Phi) is 5.90. The summed E-state index contributed by atoms with van der Waals surface area (Å²) in [6.45, 7) is 15.3. The van der Waals surface area contributed by atoms with E-state index in [1.807, 2.05) is 0 Å². The van der Waals surface area contributed by atoms with Crippen LogP contribution in [0.3, 0.4) is 0 Å². The van der Waals surface area contributed by atoms with Gasteiger partial charge in [0.25, 0.3) is 0 Å². The summed E-state index contributed by atoms with van der Waals surface area (Å²) < 4.78 is 5.84. The van der Waals surface area contributed by atoms with Crippen LogP contribution in [0.1, 0.15) is 47.5 Å². The monoisotopic (exact) mass is 242 g/mol. The number of nitrogens with zero attached hydrogens (tertiary/aromatic N) is 1. The van der Waals surface area contributed by atoms with Crippen LogP contribution in [0.15, 0.2) is 0 Å². The number of nitrogens with one attached hydrogen (secondary N) is 1. The predicted octanol–water partition coefficient (Wildman–Crippen LogP) is 2.26. The minimum atomic E-state index is 0.267. The first kappa shape index (κ1) is 14.9. The van der Waals surface area contributed by atoms with Gasteiger partial charge in [-0.1, -0.05) is 13.8 Å². The number of morpholine rings is 1. The van der Waals surface area contributed by atoms with Gasteiger partial charge >= 0.3 is 0 Å². The maximum Gasteiger partial charge on any atom is 0.0827 e. The van der Waals surface area contributed by atoms with Crippen molar-refractivity contribution in [2.45, 2.75) is 65.1 Å². The zero-order chi connectivity index (χ0) is 12.9. The van der Waals surface area contributed by atoms with Gasteiger partial charge in [0.05, 0.1) is 12.7 Å². The van der Waals surface area contributed by atoms with Crippen molar-refractivity contribution in [3.05, 3.63) is 0 Å². The smallest absolute Gasteiger partial charge is 0.0827 e. The Morgan fingerprint density at radius 3 is 2.53 bits per heavy atom. The molecule has 102 valence electrons. The quantitative estimate of drug-likeness (QED) is 0.773. The van der Waals surface area contributed by atoms with Crippen molar-refractivity contribution in [2.24, 2.45) is 0 Å². The van der Waals surface area contributed by atoms with E-state index in [4.69, 9.17) is 4.74 Å². The molecule has 3 nitrogen and oxygen atoms in total. The Morgan fingerprint density at radius 1 is 1.35 bits per heavy atom. The molecular formula is C14H30N2O. The summed E-state index contributed by atoms with van der Waals surface area (Å²) >= 11 is 0. The largest absolute Gasteiger partial charge is 0.374 e. The van der Waals surface area contributed by atoms with Gasteiger partial charge in [-0.15, -0.1) is 0 Å². The minimum Gasteiger partial charge on any atom is -0.374 e. The van der Waals surface area contributed by atoms with Gasteiger partial charge in [0, 0.05) is 31.2 Å². The molecule has 0 spiro atoms. The Labute approximate surface area is 107 Å². The molecule has 1 N–H and O–H groups in total. The second-order valence-electron chi connectivity index (χ2n) is 5.73. The molecule has 1 fully saturated rings. The second-order valence-corrected chi connectivity index (χ2v) is 5.73. The van der Waals surface area contributed by atoms with E-state index >= 15 is 0 Å². The molecular weight excluding hydrogens is 212 g/mol. The lowest BCUT2D eigenvalue weighted by Crippen LogP contribution is -2.52. The summed E-state index contributed by atoms with van der Waals surface area (Å²) in [7, 11) is 0. The third-order valence-corrected chi connectivity index (χ3v) is 4.22. The zero-order valence-corrected chi connectivity index (χ0v) is 12.3. The minimum absolute atomic E-state index is 0.267. The van der Waals surface area contributed by atoms with Crippen LogP contribution in [-0.4, -0.2) is 48.8 Å². The molecule has 0 saturated carbocycles. The van der Waals surface area contributed by atoms with Gasteiger partial charge in [-0.3, -0.25) is 4.90 Å². The summed E-state index contributed by atoms with van der Waals surface area (Å²) in [5, 5.41) is 3.67. The molecule has 0 amide bonds. The normalized spacial score (nSPS) is 23.3. The Morgan fingerprint density at radius 2 is 2.00 bits per heavy atom. The highest BCUT2D eigenvalue weighted by atomic mass is 16.5. The van der Waals surface area contributed by atoms with E-state index in [9.17, 15) is 0 Å². The van der Waals surface area contributed by atoms with Gasteiger partial charge in [0.2, 0.25) is 0 Å². The lowest BCUT2D eigenvalue weighted by molar-refractivity contribution is -0.0400. The van der Waals surface area contributed by atoms with Crippen LogP contribution >= 0.6 is 0 Å². The van der Waals surface area contributed by atoms with E-state index in [-0.39, 0.29) is 5.54 Å². The summed E-state index contributed by atoms with van der Waals surface area (Å²) in [4.78, 5) is 2.51. The molecule has 0 radical (unpaired) electrons. The molecule has 1 atom stereocenters. The van der Waals surface area contributed by atoms with Crippen molar-refractivity contribution in [3.63, 3.8) is 0 Å². The van der Waals surface area contributed by atoms with E-state index in [2.05, 4.69) is 44.8 Å². The zero-order valence-electron chi connectivity index (χ0n) is 12.3. The second kappa shape index (κ2) is 6.72. The van der Waals surface area contributed by atoms with Gasteiger partial charge in [0.15, 0.2) is 0 Å². The molecule has 1 aliphatic rings. The number of ether oxygens (including phenoxy) is 1. The van der Waals surface area contributed by atoms with Gasteiger partial charge in [-0.25, -0.2) is 0 Å². The average molecular weight is 242 g/mol. The van der Waals surface area contributed by atoms with Crippen molar-refractivity contribution < 1.29 is 4.74 Å². The number of hydrogen-bond donors (Lipinski definition) is 1. The van der Waals surface area contributed by atoms with Crippen molar-refractivity contribution in [1.29, 1.82) is 0 Å². The van der Waals surface area contributed by atoms with E-state index < -0.39 is 0 Å². The van der Waals surface area contributed by atoms with Crippen LogP contribution < -0.4 is 5.32 Å². The van der Waals surface area contributed by atoms with Crippen LogP contribution in [0.25, 0.3) is 0 Å². The topological polar surface area (TPSA) is 24.5 Å². The standard InChI is InChI=1S/C14H30N2O/c1-6-14(5,7-2)15-10-13-11-16(12(3)4)8-9-17-13/h12-13,15H,6-11H2,1-5H3. The molecule has 17 heavy (non-hydrogen) atoms. The Bertz CT molecular complexity index is 214. The molecule has 1 aliphatic heterocycles. The molecule has 1 unspecified atom stereocenters. The first-order valence-corrected chi connectivity index (χ1v) is 7.11. The molecule has 0 aromatic heterocycles. The van der Waals surface area contributed by atoms with Crippen molar-refractivity contribution in [3.8, 4) is 0 Å². The van der Waals surface area contributed by atoms with Gasteiger partial charge < -0.3 is 10.1 Å². The molecule has 0 aromatic carbocycles. The molecule has 1 rings (SSSR count). The first-order valence-electron chi connectivity index (χ1n) is 7.11. The Balaban J connectivity index is 2.36. The van der Waals surface area contributed by atoms with Gasteiger partial charge in [0.1, 0.15) is 0 Å². The van der Waals surface area contributed by atoms with E-state index in [0.29, 0.717) is 12.1 Å². The number of rotatable bonds is 6. The summed E-state index contributed by atoms with van der Waals surface area (Å²) in [6.07, 6.45) is 2.69. The van der Waals surface area contributed by atoms with Crippen LogP contribution in [0, 0.1) is 0 Å². The maximum absolute atomic E-state index is 5.84. The fourth-order valence-corrected chi connectivity index (χ4v) is 2.19. The molecule has 0 aliphatic carbocycles. The Hall–Kier alpha value is -0.120. The summed E-state index contributed by atoms with van der Waals surface area (Å²) in [5.74, 6) is 0. The van der Waals surface area contributed by atoms with Crippen LogP contribution in [0.2, 0.25) is 0 Å². The average Bonchev–Trinajstić information content (AvgIpc) is 2.36. The third-order valence-electron chi connectivity index (χ3n) is 4.22. The number of hydrogen-bond acceptors (Lipinski definition) is 3. The highest BCUT2D eigenvalue weighted by Crippen LogP contribution is 2.15. The lowest BCUT2D eigenvalue weighted by Gasteiger charge is -2.37. The molecule has 0 aromatic rings. The predicted molar refractivity (Wildman–Crippen MR) is 73.4 cm³/mol. The summed E-state index contributed by atoms with van der Waals surface area (Å²) in [5.41, 5.74) is 0.267. The van der Waals surface area contributed by atoms with Gasteiger partial charge in [-0.2, -0.15) is 0 Å². The summed E-state index contributed by atoms with van der Waals surface area (Å²) in [6, 6.07) is 0.630. The third kappa shape index (κ3) is 4.57.